The highest BCUT2D eigenvalue weighted by molar-refractivity contribution is 5.95. The van der Waals surface area contributed by atoms with Crippen LogP contribution in [0.25, 0.3) is 10.9 Å². The molecule has 0 amide bonds. The van der Waals surface area contributed by atoms with E-state index in [1.54, 1.807) is 23.8 Å². The summed E-state index contributed by atoms with van der Waals surface area (Å²) < 4.78 is 17.6. The van der Waals surface area contributed by atoms with Gasteiger partial charge in [-0.3, -0.25) is 9.47 Å². The van der Waals surface area contributed by atoms with Crippen molar-refractivity contribution in [3.63, 3.8) is 0 Å². The van der Waals surface area contributed by atoms with Crippen LogP contribution in [0.5, 0.6) is 5.75 Å². The molecule has 266 valence electrons. The Morgan fingerprint density at radius 2 is 1.52 bits per heavy atom. The van der Waals surface area contributed by atoms with Crippen molar-refractivity contribution in [2.75, 3.05) is 46.3 Å². The van der Waals surface area contributed by atoms with Gasteiger partial charge in [0.15, 0.2) is 0 Å². The van der Waals surface area contributed by atoms with Crippen LogP contribution in [0.1, 0.15) is 108 Å². The first-order chi connectivity index (χ1) is 22.6. The third-order valence-electron chi connectivity index (χ3n) is 9.33. The molecule has 0 N–H and O–H groups in total. The molecule has 0 unspecified atom stereocenters. The van der Waals surface area contributed by atoms with Gasteiger partial charge in [-0.1, -0.05) is 33.8 Å². The molecule has 0 radical (unpaired) electrons. The minimum absolute atomic E-state index is 0.302. The third-order valence-corrected chi connectivity index (χ3v) is 9.33. The number of aryl methyl sites for hydroxylation is 1. The number of aromatic nitrogens is 1. The molecule has 3 aliphatic rings. The molecule has 6 rings (SSSR count). The summed E-state index contributed by atoms with van der Waals surface area (Å²) in [4.78, 5) is 28.3. The lowest BCUT2D eigenvalue weighted by Gasteiger charge is -2.32. The highest BCUT2D eigenvalue weighted by Gasteiger charge is 2.44. The van der Waals surface area contributed by atoms with Crippen molar-refractivity contribution in [1.82, 2.24) is 9.47 Å². The molecule has 48 heavy (non-hydrogen) atoms. The second-order valence-corrected chi connectivity index (χ2v) is 15.2. The van der Waals surface area contributed by atoms with Gasteiger partial charge >= 0.3 is 12.1 Å². The summed E-state index contributed by atoms with van der Waals surface area (Å²) in [6.07, 6.45) is 9.83. The Bertz CT molecular complexity index is 1510. The molecule has 2 aliphatic carbocycles. The van der Waals surface area contributed by atoms with Crippen LogP contribution in [0.4, 0.5) is 10.5 Å². The first-order valence-corrected chi connectivity index (χ1v) is 17.6. The number of hydrogen-bond donors (Lipinski definition) is 0. The zero-order valence-electron chi connectivity index (χ0n) is 31.8. The fourth-order valence-electron chi connectivity index (χ4n) is 5.74. The number of nitrogens with zero attached hydrogens (tertiary/aromatic N) is 3. The Kier molecular flexibility index (Phi) is 13.2. The van der Waals surface area contributed by atoms with E-state index in [0.717, 1.165) is 58.5 Å². The van der Waals surface area contributed by atoms with Crippen molar-refractivity contribution in [3.05, 3.63) is 59.3 Å². The topological polar surface area (TPSA) is 73.2 Å². The average Bonchev–Trinajstić information content (AvgIpc) is 3.92. The lowest BCUT2D eigenvalue weighted by molar-refractivity contribution is 0.0542. The number of hydrogen-bond acceptors (Lipinski definition) is 7. The van der Waals surface area contributed by atoms with E-state index in [1.807, 2.05) is 91.0 Å². The Morgan fingerprint density at radius 3 is 2.00 bits per heavy atom. The number of likely N-dealkylation sites (tertiary alicyclic amines) is 1. The second-order valence-electron chi connectivity index (χ2n) is 15.2. The highest BCUT2D eigenvalue weighted by atomic mass is 16.6. The van der Waals surface area contributed by atoms with Crippen molar-refractivity contribution in [2.24, 2.45) is 10.8 Å². The second kappa shape index (κ2) is 16.3. The minimum Gasteiger partial charge on any atom is -0.496 e. The fraction of sp³-hybridized carbons (Fsp3) is 0.600. The Morgan fingerprint density at radius 1 is 0.917 bits per heavy atom. The molecule has 0 bridgehead atoms. The normalized spacial score (nSPS) is 17.0. The van der Waals surface area contributed by atoms with Crippen LogP contribution in [0, 0.1) is 17.8 Å². The van der Waals surface area contributed by atoms with E-state index < -0.39 is 5.60 Å². The maximum absolute atomic E-state index is 12.7. The van der Waals surface area contributed by atoms with Crippen LogP contribution < -0.4 is 9.64 Å². The van der Waals surface area contributed by atoms with Crippen LogP contribution in [-0.2, 0) is 16.0 Å². The molecule has 1 spiro atoms. The van der Waals surface area contributed by atoms with Gasteiger partial charge in [0.1, 0.15) is 11.4 Å². The predicted octanol–water partition coefficient (Wildman–Crippen LogP) is 9.49. The maximum Gasteiger partial charge on any atom is 0.419 e. The number of esters is 1. The monoisotopic (exact) mass is 663 g/mol. The van der Waals surface area contributed by atoms with Gasteiger partial charge in [0.25, 0.3) is 0 Å². The van der Waals surface area contributed by atoms with Gasteiger partial charge in [0.05, 0.1) is 25.3 Å². The number of fused-ring (bicyclic) bond motifs is 1. The van der Waals surface area contributed by atoms with E-state index in [-0.39, 0.29) is 12.1 Å². The summed E-state index contributed by atoms with van der Waals surface area (Å²) in [5, 5.41) is 1.08. The number of piperidine rings is 1. The van der Waals surface area contributed by atoms with Crippen molar-refractivity contribution in [2.45, 2.75) is 106 Å². The molecule has 1 saturated heterocycles. The van der Waals surface area contributed by atoms with Gasteiger partial charge in [-0.05, 0) is 126 Å². The number of carbonyl (C=O) groups excluding carboxylic acids is 2. The lowest BCUT2D eigenvalue weighted by atomic mass is 9.93. The molecule has 3 aromatic rings. The standard InChI is InChI=1S/C23H32N2O3.C10H13NO2.C5H10.C2H6/c1-16-14-19(27-5)18(15-24-12-9-23(7-8-23)10-13-24)17-6-11-25(20(16)17)21(26)28-22(2,3)4;1-11(2)9-6-4-5-8(7-9)10(12)13-3;1-5(2)3-4-5;1-2/h6,11,14H,7-10,12-13,15H2,1-5H3;4-7H,1-3H3;3-4H2,1-2H3;1-2H3. The summed E-state index contributed by atoms with van der Waals surface area (Å²) in [6, 6.07) is 11.4. The molecule has 2 heterocycles. The molecular weight excluding hydrogens is 602 g/mol. The van der Waals surface area contributed by atoms with Crippen molar-refractivity contribution in [3.8, 4) is 5.75 Å². The number of rotatable bonds is 5. The van der Waals surface area contributed by atoms with Crippen LogP contribution in [-0.4, -0.2) is 68.5 Å². The number of anilines is 1. The highest BCUT2D eigenvalue weighted by Crippen LogP contribution is 2.53. The van der Waals surface area contributed by atoms with E-state index in [2.05, 4.69) is 23.5 Å². The largest absolute Gasteiger partial charge is 0.496 e. The smallest absolute Gasteiger partial charge is 0.419 e. The molecule has 1 aromatic heterocycles. The molecule has 2 aromatic carbocycles. The van der Waals surface area contributed by atoms with E-state index in [9.17, 15) is 9.59 Å². The van der Waals surface area contributed by atoms with Gasteiger partial charge in [0.2, 0.25) is 0 Å². The first-order valence-electron chi connectivity index (χ1n) is 17.6. The van der Waals surface area contributed by atoms with Crippen molar-refractivity contribution >= 4 is 28.7 Å². The molecule has 8 nitrogen and oxygen atoms in total. The predicted molar refractivity (Wildman–Crippen MR) is 198 cm³/mol. The average molecular weight is 664 g/mol. The third kappa shape index (κ3) is 10.7. The number of carbonyl (C=O) groups is 2. The van der Waals surface area contributed by atoms with Crippen molar-refractivity contribution < 1.29 is 23.8 Å². The Hall–Kier alpha value is -3.52. The quantitative estimate of drug-likeness (QED) is 0.252. The summed E-state index contributed by atoms with van der Waals surface area (Å²) >= 11 is 0. The van der Waals surface area contributed by atoms with Crippen LogP contribution in [0.15, 0.2) is 42.6 Å². The van der Waals surface area contributed by atoms with Gasteiger partial charge in [-0.2, -0.15) is 0 Å². The zero-order valence-corrected chi connectivity index (χ0v) is 31.8. The van der Waals surface area contributed by atoms with Gasteiger partial charge in [-0.25, -0.2) is 9.59 Å². The maximum atomic E-state index is 12.7. The zero-order chi connectivity index (χ0) is 35.9. The number of ether oxygens (including phenoxy) is 3. The fourth-order valence-corrected chi connectivity index (χ4v) is 5.74. The van der Waals surface area contributed by atoms with E-state index in [0.29, 0.717) is 11.0 Å². The van der Waals surface area contributed by atoms with Crippen LogP contribution in [0.2, 0.25) is 0 Å². The van der Waals surface area contributed by atoms with E-state index in [4.69, 9.17) is 9.47 Å². The molecule has 0 atom stereocenters. The molecular formula is C40H61N3O5. The van der Waals surface area contributed by atoms with Crippen LogP contribution in [0.3, 0.4) is 0 Å². The first kappa shape index (κ1) is 38.9. The summed E-state index contributed by atoms with van der Waals surface area (Å²) in [5.74, 6) is 0.599. The minimum atomic E-state index is -0.524. The summed E-state index contributed by atoms with van der Waals surface area (Å²) in [6.45, 7) is 19.4. The summed E-state index contributed by atoms with van der Waals surface area (Å²) in [7, 11) is 6.96. The van der Waals surface area contributed by atoms with Gasteiger partial charge in [0, 0.05) is 43.5 Å². The summed E-state index contributed by atoms with van der Waals surface area (Å²) in [5.41, 5.74) is 5.56. The Labute approximate surface area is 289 Å². The molecule has 3 fully saturated rings. The van der Waals surface area contributed by atoms with Gasteiger partial charge in [-0.15, -0.1) is 0 Å². The molecule has 8 heteroatoms. The van der Waals surface area contributed by atoms with Crippen molar-refractivity contribution in [1.29, 1.82) is 0 Å². The van der Waals surface area contributed by atoms with E-state index >= 15 is 0 Å². The van der Waals surface area contributed by atoms with Crippen LogP contribution >= 0.6 is 0 Å². The van der Waals surface area contributed by atoms with Gasteiger partial charge < -0.3 is 19.1 Å². The number of benzene rings is 2. The molecule has 1 aliphatic heterocycles. The SMILES string of the molecule is CC.CC1(C)CC1.COC(=O)c1cccc(N(C)C)c1.COc1cc(C)c2c(ccn2C(=O)OC(C)(C)C)c1CN1CCC2(CC1)CC2. The lowest BCUT2D eigenvalue weighted by Crippen LogP contribution is -2.34. The Balaban J connectivity index is 0.000000257. The molecule has 2 saturated carbocycles. The van der Waals surface area contributed by atoms with E-state index in [1.165, 1.54) is 45.6 Å². The number of methoxy groups -OCH3 is 2.